The molecule has 0 rings (SSSR count). The lowest BCUT2D eigenvalue weighted by Gasteiger charge is -2.14. The average molecular weight is 353 g/mol. The van der Waals surface area contributed by atoms with Crippen LogP contribution in [0, 0.1) is 12.5 Å². The van der Waals surface area contributed by atoms with Crippen LogP contribution in [0.15, 0.2) is 0 Å². The summed E-state index contributed by atoms with van der Waals surface area (Å²) in [6.45, 7) is 6.56. The molecule has 0 aromatic heterocycles. The van der Waals surface area contributed by atoms with E-state index in [4.69, 9.17) is 5.73 Å². The van der Waals surface area contributed by atoms with Crippen LogP contribution in [0.1, 0.15) is 142 Å². The van der Waals surface area contributed by atoms with Crippen molar-refractivity contribution in [2.75, 3.05) is 0 Å². The molecule has 0 aromatic carbocycles. The second-order valence-corrected chi connectivity index (χ2v) is 8.19. The summed E-state index contributed by atoms with van der Waals surface area (Å²) in [4.78, 5) is 0. The lowest BCUT2D eigenvalue weighted by atomic mass is 9.94. The molecule has 0 saturated heterocycles. The molecule has 0 aliphatic carbocycles. The molecule has 0 bridgehead atoms. The van der Waals surface area contributed by atoms with Gasteiger partial charge in [0, 0.05) is 6.54 Å². The summed E-state index contributed by atoms with van der Waals surface area (Å²) in [5, 5.41) is 0. The van der Waals surface area contributed by atoms with Crippen LogP contribution in [0.3, 0.4) is 0 Å². The number of hydrogen-bond donors (Lipinski definition) is 1. The molecule has 1 atom stereocenters. The molecule has 0 aromatic rings. The van der Waals surface area contributed by atoms with Crippen molar-refractivity contribution in [2.45, 2.75) is 142 Å². The molecule has 0 heterocycles. The summed E-state index contributed by atoms with van der Waals surface area (Å²) >= 11 is 0. The predicted molar refractivity (Wildman–Crippen MR) is 116 cm³/mol. The van der Waals surface area contributed by atoms with Crippen molar-refractivity contribution in [3.63, 3.8) is 0 Å². The van der Waals surface area contributed by atoms with Gasteiger partial charge in [0.1, 0.15) is 0 Å². The lowest BCUT2D eigenvalue weighted by molar-refractivity contribution is 0.440. The molecule has 0 saturated carbocycles. The van der Waals surface area contributed by atoms with Gasteiger partial charge in [-0.25, -0.2) is 0 Å². The van der Waals surface area contributed by atoms with Gasteiger partial charge in [-0.05, 0) is 18.8 Å². The van der Waals surface area contributed by atoms with Crippen molar-refractivity contribution in [3.05, 3.63) is 6.54 Å². The zero-order valence-electron chi connectivity index (χ0n) is 17.9. The van der Waals surface area contributed by atoms with E-state index in [9.17, 15) is 0 Å². The van der Waals surface area contributed by atoms with E-state index >= 15 is 0 Å². The quantitative estimate of drug-likeness (QED) is 0.206. The monoisotopic (exact) mass is 352 g/mol. The van der Waals surface area contributed by atoms with E-state index in [0.29, 0.717) is 5.92 Å². The number of hydrogen-bond acceptors (Lipinski definition) is 1. The van der Waals surface area contributed by atoms with E-state index in [1.165, 1.54) is 128 Å². The molecule has 151 valence electrons. The highest BCUT2D eigenvalue weighted by atomic mass is 14.5. The Morgan fingerprint density at radius 3 is 1.04 bits per heavy atom. The van der Waals surface area contributed by atoms with Gasteiger partial charge in [0.05, 0.1) is 0 Å². The zero-order chi connectivity index (χ0) is 18.4. The topological polar surface area (TPSA) is 26.0 Å². The van der Waals surface area contributed by atoms with Crippen LogP contribution in [-0.2, 0) is 0 Å². The summed E-state index contributed by atoms with van der Waals surface area (Å²) in [5.74, 6) is 0.675. The first-order valence-corrected chi connectivity index (χ1v) is 11.9. The average Bonchev–Trinajstić information content (AvgIpc) is 2.63. The summed E-state index contributed by atoms with van der Waals surface area (Å²) in [6.07, 6.45) is 28.2. The van der Waals surface area contributed by atoms with Gasteiger partial charge in [-0.2, -0.15) is 0 Å². The van der Waals surface area contributed by atoms with Gasteiger partial charge in [0.2, 0.25) is 0 Å². The fraction of sp³-hybridized carbons (Fsp3) is 0.958. The lowest BCUT2D eigenvalue weighted by Crippen LogP contribution is -2.08. The molecule has 1 nitrogen and oxygen atoms in total. The molecule has 25 heavy (non-hydrogen) atoms. The van der Waals surface area contributed by atoms with E-state index in [-0.39, 0.29) is 0 Å². The summed E-state index contributed by atoms with van der Waals surface area (Å²) in [6, 6.07) is 0. The number of rotatable bonds is 21. The smallest absolute Gasteiger partial charge is 0.0223 e. The SMILES string of the molecule is CCCCCCCCCCCCC([CH]N)CCCCCCCCCC. The van der Waals surface area contributed by atoms with Crippen LogP contribution < -0.4 is 5.73 Å². The van der Waals surface area contributed by atoms with Gasteiger partial charge in [-0.3, -0.25) is 0 Å². The van der Waals surface area contributed by atoms with Crippen LogP contribution in [-0.4, -0.2) is 0 Å². The highest BCUT2D eigenvalue weighted by Crippen LogP contribution is 2.20. The number of unbranched alkanes of at least 4 members (excludes halogenated alkanes) is 16. The molecule has 2 N–H and O–H groups in total. The Morgan fingerprint density at radius 1 is 0.480 bits per heavy atom. The second-order valence-electron chi connectivity index (χ2n) is 8.19. The molecule has 0 aliphatic heterocycles. The molecule has 0 spiro atoms. The first-order valence-electron chi connectivity index (χ1n) is 11.9. The third kappa shape index (κ3) is 20.1. The standard InChI is InChI=1S/C24H50N/c1-3-5-7-9-11-13-14-16-18-20-22-24(23-25)21-19-17-15-12-10-8-6-4-2/h23-24H,3-22,25H2,1-2H3. The normalized spacial score (nSPS) is 12.6. The fourth-order valence-corrected chi connectivity index (χ4v) is 3.77. The van der Waals surface area contributed by atoms with Crippen molar-refractivity contribution in [1.29, 1.82) is 0 Å². The maximum absolute atomic E-state index is 5.86. The van der Waals surface area contributed by atoms with E-state index in [1.54, 1.807) is 0 Å². The molecule has 1 radical (unpaired) electrons. The van der Waals surface area contributed by atoms with E-state index in [0.717, 1.165) is 0 Å². The van der Waals surface area contributed by atoms with Crippen LogP contribution in [0.4, 0.5) is 0 Å². The summed E-state index contributed by atoms with van der Waals surface area (Å²) < 4.78 is 0. The molecule has 0 amide bonds. The van der Waals surface area contributed by atoms with Crippen LogP contribution in [0.5, 0.6) is 0 Å². The van der Waals surface area contributed by atoms with Crippen molar-refractivity contribution < 1.29 is 0 Å². The van der Waals surface area contributed by atoms with Gasteiger partial charge >= 0.3 is 0 Å². The Bertz CT molecular complexity index is 226. The highest BCUT2D eigenvalue weighted by Gasteiger charge is 2.06. The van der Waals surface area contributed by atoms with Gasteiger partial charge in [-0.15, -0.1) is 0 Å². The Labute approximate surface area is 160 Å². The Hall–Kier alpha value is -0.0400. The van der Waals surface area contributed by atoms with Crippen LogP contribution >= 0.6 is 0 Å². The molecule has 0 aliphatic rings. The molecular weight excluding hydrogens is 302 g/mol. The summed E-state index contributed by atoms with van der Waals surface area (Å²) in [7, 11) is 0. The number of nitrogens with two attached hydrogens (primary N) is 1. The third-order valence-corrected chi connectivity index (χ3v) is 5.63. The molecule has 1 heteroatoms. The first kappa shape index (κ1) is 25.0. The first-order chi connectivity index (χ1) is 12.3. The minimum atomic E-state index is 0.675. The largest absolute Gasteiger partial charge is 0.326 e. The van der Waals surface area contributed by atoms with Gasteiger partial charge in [0.25, 0.3) is 0 Å². The molecular formula is C24H50N. The van der Waals surface area contributed by atoms with Crippen LogP contribution in [0.2, 0.25) is 0 Å². The van der Waals surface area contributed by atoms with E-state index in [2.05, 4.69) is 13.8 Å². The Balaban J connectivity index is 3.28. The summed E-state index contributed by atoms with van der Waals surface area (Å²) in [5.41, 5.74) is 5.86. The Morgan fingerprint density at radius 2 is 0.760 bits per heavy atom. The molecule has 1 unspecified atom stereocenters. The van der Waals surface area contributed by atoms with Crippen LogP contribution in [0.25, 0.3) is 0 Å². The Kier molecular flexibility index (Phi) is 22.0. The highest BCUT2D eigenvalue weighted by molar-refractivity contribution is 4.70. The third-order valence-electron chi connectivity index (χ3n) is 5.63. The van der Waals surface area contributed by atoms with E-state index in [1.807, 2.05) is 6.54 Å². The van der Waals surface area contributed by atoms with Gasteiger partial charge in [-0.1, -0.05) is 129 Å². The van der Waals surface area contributed by atoms with Gasteiger partial charge in [0.15, 0.2) is 0 Å². The van der Waals surface area contributed by atoms with Crippen molar-refractivity contribution >= 4 is 0 Å². The second kappa shape index (κ2) is 22.0. The van der Waals surface area contributed by atoms with Crippen molar-refractivity contribution in [1.82, 2.24) is 0 Å². The van der Waals surface area contributed by atoms with Crippen molar-refractivity contribution in [3.8, 4) is 0 Å². The minimum absolute atomic E-state index is 0.675. The van der Waals surface area contributed by atoms with Gasteiger partial charge < -0.3 is 5.73 Å². The maximum atomic E-state index is 5.86. The van der Waals surface area contributed by atoms with E-state index < -0.39 is 0 Å². The zero-order valence-corrected chi connectivity index (χ0v) is 17.9. The molecule has 0 fully saturated rings. The fourth-order valence-electron chi connectivity index (χ4n) is 3.77. The van der Waals surface area contributed by atoms with Crippen molar-refractivity contribution in [2.24, 2.45) is 11.7 Å². The predicted octanol–water partition coefficient (Wildman–Crippen LogP) is 8.56. The maximum Gasteiger partial charge on any atom is 0.0223 e. The minimum Gasteiger partial charge on any atom is -0.326 e.